The van der Waals surface area contributed by atoms with Gasteiger partial charge in [0.25, 0.3) is 0 Å². The van der Waals surface area contributed by atoms with Gasteiger partial charge < -0.3 is 16.0 Å². The van der Waals surface area contributed by atoms with Gasteiger partial charge in [-0.05, 0) is 36.1 Å². The first-order valence-corrected chi connectivity index (χ1v) is 10.5. The molecule has 2 fully saturated rings. The van der Waals surface area contributed by atoms with Crippen molar-refractivity contribution in [2.75, 3.05) is 11.9 Å². The summed E-state index contributed by atoms with van der Waals surface area (Å²) >= 11 is 12.9. The molecule has 27 heavy (non-hydrogen) atoms. The Labute approximate surface area is 173 Å². The molecule has 0 saturated carbocycles. The van der Waals surface area contributed by atoms with Crippen LogP contribution in [0.3, 0.4) is 0 Å². The molecule has 0 aliphatic carbocycles. The van der Waals surface area contributed by atoms with Gasteiger partial charge in [0.05, 0.1) is 17.0 Å². The fraction of sp³-hybridized carbons (Fsp3) is 0.368. The number of rotatable bonds is 2. The minimum absolute atomic E-state index is 0.0376. The molecule has 0 radical (unpaired) electrons. The molecule has 2 saturated heterocycles. The monoisotopic (exact) mass is 427 g/mol. The number of carbonyl (C=O) groups excluding carboxylic acids is 2. The van der Waals surface area contributed by atoms with Crippen LogP contribution in [-0.2, 0) is 9.59 Å². The first-order valence-electron chi connectivity index (χ1n) is 8.81. The number of carbonyl (C=O) groups is 2. The number of amides is 2. The molecule has 3 N–H and O–H groups in total. The summed E-state index contributed by atoms with van der Waals surface area (Å²) in [6, 6.07) is 8.63. The number of halogens is 2. The van der Waals surface area contributed by atoms with Gasteiger partial charge in [-0.25, -0.2) is 0 Å². The summed E-state index contributed by atoms with van der Waals surface area (Å²) in [7, 11) is 0. The van der Waals surface area contributed by atoms with Gasteiger partial charge in [-0.2, -0.15) is 11.3 Å². The van der Waals surface area contributed by atoms with Crippen molar-refractivity contribution >= 4 is 52.0 Å². The molecule has 0 bridgehead atoms. The molecule has 2 amide bonds. The highest BCUT2D eigenvalue weighted by molar-refractivity contribution is 7.08. The molecule has 3 unspecified atom stereocenters. The van der Waals surface area contributed by atoms with E-state index in [1.165, 1.54) is 0 Å². The Hall–Kier alpha value is -1.60. The van der Waals surface area contributed by atoms with E-state index in [1.807, 2.05) is 30.7 Å². The lowest BCUT2D eigenvalue weighted by Gasteiger charge is -2.13. The molecule has 3 heterocycles. The van der Waals surface area contributed by atoms with E-state index in [0.717, 1.165) is 5.02 Å². The summed E-state index contributed by atoms with van der Waals surface area (Å²) in [6.45, 7) is 4.60. The Morgan fingerprint density at radius 3 is 2.56 bits per heavy atom. The summed E-state index contributed by atoms with van der Waals surface area (Å²) < 4.78 is 0. The van der Waals surface area contributed by atoms with Crippen LogP contribution in [0.5, 0.6) is 0 Å². The standard InChI is InChI=1S/C13H14ClN3O2.C4H3ClS.C2H6/c14-7-2-1-3-8(4-7)16-13(19)10-5-9-11(17-10)6-15-12(9)18;5-4-1-2-6-3-4;1-2/h1-4,9-11,17H,5-6H2,(H,15,18)(H,16,19);1-3H;1-2H3. The second-order valence-corrected chi connectivity index (χ2v) is 7.51. The van der Waals surface area contributed by atoms with Crippen molar-refractivity contribution in [3.63, 3.8) is 0 Å². The van der Waals surface area contributed by atoms with Gasteiger partial charge in [0, 0.05) is 28.7 Å². The lowest BCUT2D eigenvalue weighted by atomic mass is 10.0. The Morgan fingerprint density at radius 2 is 2.00 bits per heavy atom. The average molecular weight is 428 g/mol. The van der Waals surface area contributed by atoms with Gasteiger partial charge in [0.1, 0.15) is 0 Å². The van der Waals surface area contributed by atoms with Crippen molar-refractivity contribution < 1.29 is 9.59 Å². The summed E-state index contributed by atoms with van der Waals surface area (Å²) in [5.74, 6) is -0.171. The molecule has 8 heteroatoms. The molecule has 1 aromatic heterocycles. The van der Waals surface area contributed by atoms with Crippen LogP contribution in [0.2, 0.25) is 10.0 Å². The molecule has 0 spiro atoms. The third-order valence-electron chi connectivity index (χ3n) is 4.12. The topological polar surface area (TPSA) is 70.2 Å². The average Bonchev–Trinajstić information content (AvgIpc) is 3.37. The Kier molecular flexibility index (Phi) is 8.57. The van der Waals surface area contributed by atoms with E-state index in [1.54, 1.807) is 35.6 Å². The molecule has 4 rings (SSSR count). The van der Waals surface area contributed by atoms with Crippen molar-refractivity contribution in [2.24, 2.45) is 5.92 Å². The van der Waals surface area contributed by atoms with E-state index in [2.05, 4.69) is 16.0 Å². The van der Waals surface area contributed by atoms with Crippen molar-refractivity contribution in [1.29, 1.82) is 0 Å². The predicted molar refractivity (Wildman–Crippen MR) is 113 cm³/mol. The molecule has 3 atom stereocenters. The highest BCUT2D eigenvalue weighted by atomic mass is 35.5. The fourth-order valence-electron chi connectivity index (χ4n) is 2.92. The largest absolute Gasteiger partial charge is 0.354 e. The van der Waals surface area contributed by atoms with Crippen molar-refractivity contribution in [3.05, 3.63) is 51.1 Å². The van der Waals surface area contributed by atoms with Crippen LogP contribution in [-0.4, -0.2) is 30.4 Å². The summed E-state index contributed by atoms with van der Waals surface area (Å²) in [5, 5.41) is 14.0. The van der Waals surface area contributed by atoms with Crippen LogP contribution in [0.1, 0.15) is 20.3 Å². The zero-order valence-corrected chi connectivity index (χ0v) is 17.5. The molecule has 2 aliphatic rings. The van der Waals surface area contributed by atoms with Gasteiger partial charge in [0.15, 0.2) is 0 Å². The molecule has 2 aliphatic heterocycles. The van der Waals surface area contributed by atoms with Crippen LogP contribution in [0, 0.1) is 5.92 Å². The summed E-state index contributed by atoms with van der Waals surface area (Å²) in [5.41, 5.74) is 0.667. The van der Waals surface area contributed by atoms with E-state index >= 15 is 0 Å². The fourth-order valence-corrected chi connectivity index (χ4v) is 3.91. The van der Waals surface area contributed by atoms with E-state index in [-0.39, 0.29) is 29.8 Å². The lowest BCUT2D eigenvalue weighted by molar-refractivity contribution is -0.122. The van der Waals surface area contributed by atoms with E-state index < -0.39 is 0 Å². The molecule has 2 aromatic rings. The first kappa shape index (κ1) is 21.7. The number of anilines is 1. The number of benzene rings is 1. The minimum atomic E-state index is -0.319. The van der Waals surface area contributed by atoms with Gasteiger partial charge >= 0.3 is 0 Å². The molecular weight excluding hydrogens is 405 g/mol. The zero-order valence-electron chi connectivity index (χ0n) is 15.2. The number of hydrogen-bond acceptors (Lipinski definition) is 4. The van der Waals surface area contributed by atoms with Crippen molar-refractivity contribution in [2.45, 2.75) is 32.4 Å². The van der Waals surface area contributed by atoms with Crippen LogP contribution >= 0.6 is 34.5 Å². The SMILES string of the molecule is CC.Clc1ccsc1.O=C(Nc1cccc(Cl)c1)C1CC2C(=O)NCC2N1. The number of hydrogen-bond donors (Lipinski definition) is 3. The van der Waals surface area contributed by atoms with Crippen LogP contribution in [0.15, 0.2) is 41.1 Å². The predicted octanol–water partition coefficient (Wildman–Crippen LogP) is 4.18. The van der Waals surface area contributed by atoms with E-state index in [4.69, 9.17) is 23.2 Å². The second-order valence-electron chi connectivity index (χ2n) is 5.85. The third-order valence-corrected chi connectivity index (χ3v) is 5.40. The molecular formula is C19H23Cl2N3O2S. The Balaban J connectivity index is 0.000000275. The second kappa shape index (κ2) is 10.7. The van der Waals surface area contributed by atoms with Gasteiger partial charge in [-0.1, -0.05) is 43.1 Å². The van der Waals surface area contributed by atoms with Crippen LogP contribution < -0.4 is 16.0 Å². The Morgan fingerprint density at radius 1 is 1.22 bits per heavy atom. The van der Waals surface area contributed by atoms with E-state index in [9.17, 15) is 9.59 Å². The van der Waals surface area contributed by atoms with Crippen molar-refractivity contribution in [3.8, 4) is 0 Å². The maximum atomic E-state index is 12.1. The maximum absolute atomic E-state index is 12.1. The number of nitrogens with one attached hydrogen (secondary N) is 3. The number of fused-ring (bicyclic) bond motifs is 1. The van der Waals surface area contributed by atoms with Gasteiger partial charge in [-0.15, -0.1) is 0 Å². The number of thiophene rings is 1. The van der Waals surface area contributed by atoms with Crippen molar-refractivity contribution in [1.82, 2.24) is 10.6 Å². The highest BCUT2D eigenvalue weighted by Gasteiger charge is 2.44. The first-order chi connectivity index (χ1) is 13.0. The highest BCUT2D eigenvalue weighted by Crippen LogP contribution is 2.25. The van der Waals surface area contributed by atoms with Crippen LogP contribution in [0.4, 0.5) is 5.69 Å². The van der Waals surface area contributed by atoms with Gasteiger partial charge in [0.2, 0.25) is 11.8 Å². The smallest absolute Gasteiger partial charge is 0.241 e. The molecule has 5 nitrogen and oxygen atoms in total. The van der Waals surface area contributed by atoms with Crippen LogP contribution in [0.25, 0.3) is 0 Å². The molecule has 1 aromatic carbocycles. The quantitative estimate of drug-likeness (QED) is 0.672. The normalized spacial score (nSPS) is 22.5. The third kappa shape index (κ3) is 6.21. The zero-order chi connectivity index (χ0) is 19.8. The van der Waals surface area contributed by atoms with Gasteiger partial charge in [-0.3, -0.25) is 9.59 Å². The summed E-state index contributed by atoms with van der Waals surface area (Å²) in [4.78, 5) is 23.6. The summed E-state index contributed by atoms with van der Waals surface area (Å²) in [6.07, 6.45) is 0.545. The van der Waals surface area contributed by atoms with E-state index in [0.29, 0.717) is 23.7 Å². The molecule has 146 valence electrons. The Bertz CT molecular complexity index is 755. The lowest BCUT2D eigenvalue weighted by Crippen LogP contribution is -2.41. The minimum Gasteiger partial charge on any atom is -0.354 e. The maximum Gasteiger partial charge on any atom is 0.241 e.